The number of anilines is 1. The smallest absolute Gasteiger partial charge is 0.464 e. The Morgan fingerprint density at radius 2 is 2.00 bits per heavy atom. The van der Waals surface area contributed by atoms with Crippen molar-refractivity contribution in [2.24, 2.45) is 0 Å². The van der Waals surface area contributed by atoms with E-state index >= 15 is 0 Å². The van der Waals surface area contributed by atoms with E-state index in [1.54, 1.807) is 6.07 Å². The fourth-order valence-corrected chi connectivity index (χ4v) is 2.43. The lowest BCUT2D eigenvalue weighted by Crippen LogP contribution is -2.51. The first-order valence-electron chi connectivity index (χ1n) is 7.73. The minimum Gasteiger partial charge on any atom is -0.464 e. The Labute approximate surface area is 148 Å². The lowest BCUT2D eigenvalue weighted by Gasteiger charge is -2.16. The molecule has 0 saturated heterocycles. The summed E-state index contributed by atoms with van der Waals surface area (Å²) in [4.78, 5) is 31.5. The van der Waals surface area contributed by atoms with Crippen molar-refractivity contribution in [3.8, 4) is 0 Å². The van der Waals surface area contributed by atoms with Crippen LogP contribution in [0.3, 0.4) is 0 Å². The molecule has 0 spiro atoms. The van der Waals surface area contributed by atoms with Gasteiger partial charge in [-0.15, -0.1) is 0 Å². The van der Waals surface area contributed by atoms with Crippen LogP contribution in [0.4, 0.5) is 5.82 Å². The second-order valence-electron chi connectivity index (χ2n) is 5.50. The van der Waals surface area contributed by atoms with Crippen LogP contribution in [-0.2, 0) is 16.0 Å². The third-order valence-corrected chi connectivity index (χ3v) is 3.69. The molecule has 3 aromatic rings. The molecule has 2 heterocycles. The number of hydrogen-bond donors (Lipinski definition) is 4. The second-order valence-corrected chi connectivity index (χ2v) is 5.50. The number of benzene rings is 1. The Balaban J connectivity index is 1.68. The number of amides is 2. The van der Waals surface area contributed by atoms with Crippen LogP contribution in [0.2, 0.25) is 0 Å². The molecule has 1 aromatic carbocycles. The van der Waals surface area contributed by atoms with Crippen LogP contribution in [0.5, 0.6) is 0 Å². The lowest BCUT2D eigenvalue weighted by atomic mass is 9.76. The molecule has 3 rings (SSSR count). The normalized spacial score (nSPS) is 11.8. The zero-order valence-corrected chi connectivity index (χ0v) is 13.5. The molecule has 26 heavy (non-hydrogen) atoms. The van der Waals surface area contributed by atoms with Crippen molar-refractivity contribution in [2.75, 3.05) is 5.32 Å². The van der Waals surface area contributed by atoms with Crippen LogP contribution in [0.15, 0.2) is 53.5 Å². The molecule has 0 aliphatic carbocycles. The molecule has 9 nitrogen and oxygen atoms in total. The number of nitrogens with one attached hydrogen (secondary N) is 2. The minimum atomic E-state index is -1.86. The molecule has 0 fully saturated rings. The number of carbonyl (C=O) groups excluding carboxylic acids is 2. The highest BCUT2D eigenvalue weighted by atomic mass is 16.4. The summed E-state index contributed by atoms with van der Waals surface area (Å²) in [5, 5.41) is 24.5. The zero-order valence-electron chi connectivity index (χ0n) is 13.5. The number of rotatable bonds is 5. The van der Waals surface area contributed by atoms with Gasteiger partial charge in [-0.25, -0.2) is 4.98 Å². The first-order chi connectivity index (χ1) is 12.5. The molecule has 1 unspecified atom stereocenters. The van der Waals surface area contributed by atoms with E-state index in [1.807, 2.05) is 18.2 Å². The van der Waals surface area contributed by atoms with Crippen LogP contribution < -0.4 is 10.6 Å². The van der Waals surface area contributed by atoms with Gasteiger partial charge in [-0.05, 0) is 18.1 Å². The molecular formula is C16H15BN4O5. The summed E-state index contributed by atoms with van der Waals surface area (Å²) in [5.41, 5.74) is 1.31. The van der Waals surface area contributed by atoms with Crippen LogP contribution >= 0.6 is 0 Å². The fraction of sp³-hybridized carbons (Fsp3) is 0.125. The van der Waals surface area contributed by atoms with Gasteiger partial charge < -0.3 is 25.1 Å². The summed E-state index contributed by atoms with van der Waals surface area (Å²) in [6, 6.07) is 7.22. The number of furan rings is 1. The number of fused-ring (bicyclic) bond motifs is 1. The average molecular weight is 354 g/mol. The highest BCUT2D eigenvalue weighted by Gasteiger charge is 2.29. The number of carbonyl (C=O) groups is 2. The van der Waals surface area contributed by atoms with E-state index in [9.17, 15) is 19.6 Å². The third-order valence-electron chi connectivity index (χ3n) is 3.69. The fourth-order valence-electron chi connectivity index (χ4n) is 2.43. The van der Waals surface area contributed by atoms with Gasteiger partial charge in [-0.1, -0.05) is 18.2 Å². The Hall–Kier alpha value is -3.24. The predicted molar refractivity (Wildman–Crippen MR) is 92.7 cm³/mol. The van der Waals surface area contributed by atoms with Gasteiger partial charge in [-0.3, -0.25) is 14.6 Å². The quantitative estimate of drug-likeness (QED) is 0.371. The molecular weight excluding hydrogens is 339 g/mol. The highest BCUT2D eigenvalue weighted by molar-refractivity contribution is 6.46. The van der Waals surface area contributed by atoms with Crippen molar-refractivity contribution in [2.45, 2.75) is 12.4 Å². The Bertz CT molecular complexity index is 915. The number of para-hydroxylation sites is 1. The van der Waals surface area contributed by atoms with Crippen LogP contribution in [0, 0.1) is 0 Å². The van der Waals surface area contributed by atoms with E-state index in [0.29, 0.717) is 11.1 Å². The Morgan fingerprint density at radius 3 is 2.73 bits per heavy atom. The zero-order chi connectivity index (χ0) is 18.5. The van der Waals surface area contributed by atoms with Crippen molar-refractivity contribution in [1.29, 1.82) is 0 Å². The van der Waals surface area contributed by atoms with Gasteiger partial charge in [0.1, 0.15) is 5.58 Å². The second kappa shape index (κ2) is 7.76. The van der Waals surface area contributed by atoms with Gasteiger partial charge in [0.05, 0.1) is 18.4 Å². The third kappa shape index (κ3) is 4.05. The number of nitrogens with zero attached hydrogens (tertiary/aromatic N) is 2. The molecule has 0 radical (unpaired) electrons. The molecule has 1 atom stereocenters. The molecule has 0 aliphatic rings. The van der Waals surface area contributed by atoms with E-state index in [-0.39, 0.29) is 12.2 Å². The van der Waals surface area contributed by atoms with Gasteiger partial charge in [-0.2, -0.15) is 0 Å². The molecule has 4 N–H and O–H groups in total. The van der Waals surface area contributed by atoms with E-state index in [1.165, 1.54) is 24.9 Å². The largest absolute Gasteiger partial charge is 0.475 e. The van der Waals surface area contributed by atoms with Crippen LogP contribution in [0.25, 0.3) is 11.0 Å². The number of aromatic nitrogens is 2. The van der Waals surface area contributed by atoms with E-state index in [2.05, 4.69) is 20.6 Å². The van der Waals surface area contributed by atoms with Crippen LogP contribution in [-0.4, -0.2) is 44.9 Å². The molecule has 10 heteroatoms. The molecule has 0 saturated carbocycles. The van der Waals surface area contributed by atoms with E-state index in [4.69, 9.17) is 4.42 Å². The van der Waals surface area contributed by atoms with Gasteiger partial charge in [0.25, 0.3) is 0 Å². The van der Waals surface area contributed by atoms with Crippen molar-refractivity contribution < 1.29 is 24.1 Å². The maximum Gasteiger partial charge on any atom is 0.475 e. The molecule has 132 valence electrons. The number of hydrogen-bond acceptors (Lipinski definition) is 7. The van der Waals surface area contributed by atoms with Gasteiger partial charge in [0, 0.05) is 17.8 Å². The monoisotopic (exact) mass is 354 g/mol. The van der Waals surface area contributed by atoms with Gasteiger partial charge in [0.15, 0.2) is 5.82 Å². The maximum atomic E-state index is 12.0. The summed E-state index contributed by atoms with van der Waals surface area (Å²) in [6.07, 6.45) is 5.60. The first-order valence-corrected chi connectivity index (χ1v) is 7.73. The summed E-state index contributed by atoms with van der Waals surface area (Å²) >= 11 is 0. The molecule has 0 bridgehead atoms. The maximum absolute atomic E-state index is 12.0. The SMILES string of the molecule is O=C(Nc1cnccn1)C(=O)NC(Cc1coc2ccccc12)B(O)O. The van der Waals surface area contributed by atoms with Crippen molar-refractivity contribution >= 4 is 35.7 Å². The summed E-state index contributed by atoms with van der Waals surface area (Å²) in [6.45, 7) is 0. The molecule has 2 aromatic heterocycles. The standard InChI is InChI=1S/C16H15BN4O5/c22-15(16(23)21-14-8-18-5-6-19-14)20-13(17(24)25)7-10-9-26-12-4-2-1-3-11(10)12/h1-6,8-9,13,24-25H,7H2,(H,20,22)(H,19,21,23). The average Bonchev–Trinajstić information content (AvgIpc) is 3.05. The minimum absolute atomic E-state index is 0.0683. The van der Waals surface area contributed by atoms with Crippen molar-refractivity contribution in [1.82, 2.24) is 15.3 Å². The molecule has 2 amide bonds. The van der Waals surface area contributed by atoms with Crippen molar-refractivity contribution in [3.05, 3.63) is 54.7 Å². The molecule has 0 aliphatic heterocycles. The van der Waals surface area contributed by atoms with Gasteiger partial charge in [0.2, 0.25) is 0 Å². The topological polar surface area (TPSA) is 138 Å². The van der Waals surface area contributed by atoms with E-state index < -0.39 is 24.9 Å². The summed E-state index contributed by atoms with van der Waals surface area (Å²) < 4.78 is 5.39. The van der Waals surface area contributed by atoms with E-state index in [0.717, 1.165) is 5.39 Å². The first kappa shape index (κ1) is 17.6. The Kier molecular flexibility index (Phi) is 5.25. The Morgan fingerprint density at radius 1 is 1.19 bits per heavy atom. The lowest BCUT2D eigenvalue weighted by molar-refractivity contribution is -0.136. The summed E-state index contributed by atoms with van der Waals surface area (Å²) in [5.74, 6) is -3.01. The summed E-state index contributed by atoms with van der Waals surface area (Å²) in [7, 11) is -1.86. The van der Waals surface area contributed by atoms with Crippen LogP contribution in [0.1, 0.15) is 5.56 Å². The van der Waals surface area contributed by atoms with Crippen molar-refractivity contribution in [3.63, 3.8) is 0 Å². The predicted octanol–water partition coefficient (Wildman–Crippen LogP) is -0.0992. The highest BCUT2D eigenvalue weighted by Crippen LogP contribution is 2.22. The van der Waals surface area contributed by atoms with Gasteiger partial charge >= 0.3 is 18.9 Å².